The van der Waals surface area contributed by atoms with Gasteiger partial charge in [-0.1, -0.05) is 13.8 Å². The van der Waals surface area contributed by atoms with E-state index in [0.29, 0.717) is 24.5 Å². The fraction of sp³-hybridized carbons (Fsp3) is 0.435. The van der Waals surface area contributed by atoms with E-state index in [1.54, 1.807) is 19.2 Å². The number of ether oxygens (including phenoxy) is 3. The number of carbonyl (C=O) groups is 1. The summed E-state index contributed by atoms with van der Waals surface area (Å²) >= 11 is 0. The summed E-state index contributed by atoms with van der Waals surface area (Å²) in [5.41, 5.74) is 2.55. The van der Waals surface area contributed by atoms with Gasteiger partial charge < -0.3 is 19.5 Å². The summed E-state index contributed by atoms with van der Waals surface area (Å²) < 4.78 is 43.7. The quantitative estimate of drug-likeness (QED) is 0.678. The highest BCUT2D eigenvalue weighted by Gasteiger charge is 2.29. The van der Waals surface area contributed by atoms with Crippen LogP contribution in [0.4, 0.5) is 5.69 Å². The minimum atomic E-state index is -3.80. The fourth-order valence-corrected chi connectivity index (χ4v) is 5.24. The summed E-state index contributed by atoms with van der Waals surface area (Å²) in [5.74, 6) is 0.796. The first kappa shape index (κ1) is 24.0. The molecule has 0 unspecified atom stereocenters. The molecule has 0 bridgehead atoms. The minimum Gasteiger partial charge on any atom is -0.496 e. The zero-order valence-corrected chi connectivity index (χ0v) is 19.9. The van der Waals surface area contributed by atoms with Crippen molar-refractivity contribution in [3.05, 3.63) is 47.0 Å². The molecule has 0 aliphatic carbocycles. The lowest BCUT2D eigenvalue weighted by molar-refractivity contribution is 0.0729. The highest BCUT2D eigenvalue weighted by molar-refractivity contribution is 7.89. The van der Waals surface area contributed by atoms with Crippen LogP contribution in [0.2, 0.25) is 0 Å². The predicted molar refractivity (Wildman–Crippen MR) is 122 cm³/mol. The van der Waals surface area contributed by atoms with Gasteiger partial charge >= 0.3 is 0 Å². The molecule has 2 aromatic rings. The zero-order chi connectivity index (χ0) is 23.5. The number of nitrogens with zero attached hydrogens (tertiary/aromatic N) is 1. The van der Waals surface area contributed by atoms with Crippen LogP contribution < -0.4 is 14.8 Å². The van der Waals surface area contributed by atoms with Crippen LogP contribution in [-0.2, 0) is 14.8 Å². The van der Waals surface area contributed by atoms with E-state index in [0.717, 1.165) is 16.9 Å². The Morgan fingerprint density at radius 1 is 1.06 bits per heavy atom. The average Bonchev–Trinajstić information content (AvgIpc) is 2.79. The minimum absolute atomic E-state index is 0.00835. The topological polar surface area (TPSA) is 94.2 Å². The van der Waals surface area contributed by atoms with Crippen molar-refractivity contribution < 1.29 is 27.4 Å². The number of nitrogens with one attached hydrogen (secondary N) is 1. The SMILES string of the molecule is COc1cc(C)c(C(=O)Nc2ccc(OC)c(S(=O)(=O)N3CCOCC3)c2)cc1C(C)C. The molecule has 174 valence electrons. The molecule has 1 amide bonds. The van der Waals surface area contributed by atoms with Crippen LogP contribution in [-0.4, -0.2) is 59.2 Å². The zero-order valence-electron chi connectivity index (χ0n) is 19.1. The van der Waals surface area contributed by atoms with Gasteiger partial charge in [-0.25, -0.2) is 8.42 Å². The number of hydrogen-bond donors (Lipinski definition) is 1. The molecule has 8 nitrogen and oxygen atoms in total. The Hall–Kier alpha value is -2.62. The molecule has 1 aliphatic heterocycles. The van der Waals surface area contributed by atoms with Crippen LogP contribution in [0, 0.1) is 6.92 Å². The van der Waals surface area contributed by atoms with E-state index < -0.39 is 10.0 Å². The van der Waals surface area contributed by atoms with Gasteiger partial charge in [-0.05, 0) is 54.3 Å². The lowest BCUT2D eigenvalue weighted by Gasteiger charge is -2.26. The first-order chi connectivity index (χ1) is 15.2. The van der Waals surface area contributed by atoms with Crippen molar-refractivity contribution in [3.8, 4) is 11.5 Å². The Kier molecular flexibility index (Phi) is 7.43. The number of sulfonamides is 1. The summed E-state index contributed by atoms with van der Waals surface area (Å²) in [6, 6.07) is 8.26. The van der Waals surface area contributed by atoms with Crippen molar-refractivity contribution in [3.63, 3.8) is 0 Å². The molecule has 1 heterocycles. The van der Waals surface area contributed by atoms with E-state index in [1.165, 1.54) is 17.5 Å². The van der Waals surface area contributed by atoms with Gasteiger partial charge in [0.15, 0.2) is 0 Å². The van der Waals surface area contributed by atoms with E-state index in [-0.39, 0.29) is 35.6 Å². The second-order valence-electron chi connectivity index (χ2n) is 7.90. The standard InChI is InChI=1S/C23H30N2O6S/c1-15(2)18-14-19(16(3)12-21(18)30-5)23(26)24-17-6-7-20(29-4)22(13-17)32(27,28)25-8-10-31-11-9-25/h6-7,12-15H,8-11H2,1-5H3,(H,24,26). The molecule has 32 heavy (non-hydrogen) atoms. The van der Waals surface area contributed by atoms with Crippen LogP contribution in [0.15, 0.2) is 35.2 Å². The number of amides is 1. The Morgan fingerprint density at radius 2 is 1.72 bits per heavy atom. The van der Waals surface area contributed by atoms with Crippen molar-refractivity contribution in [1.82, 2.24) is 4.31 Å². The van der Waals surface area contributed by atoms with Crippen molar-refractivity contribution in [2.75, 3.05) is 45.8 Å². The van der Waals surface area contributed by atoms with Gasteiger partial charge in [-0.15, -0.1) is 0 Å². The van der Waals surface area contributed by atoms with E-state index in [4.69, 9.17) is 14.2 Å². The molecule has 0 aromatic heterocycles. The van der Waals surface area contributed by atoms with Crippen LogP contribution in [0.3, 0.4) is 0 Å². The number of anilines is 1. The van der Waals surface area contributed by atoms with Gasteiger partial charge in [0.1, 0.15) is 16.4 Å². The molecular formula is C23H30N2O6S. The second kappa shape index (κ2) is 9.89. The van der Waals surface area contributed by atoms with Gasteiger partial charge in [0.05, 0.1) is 27.4 Å². The van der Waals surface area contributed by atoms with E-state index in [9.17, 15) is 13.2 Å². The van der Waals surface area contributed by atoms with Gasteiger partial charge in [0.2, 0.25) is 10.0 Å². The maximum Gasteiger partial charge on any atom is 0.255 e. The molecule has 1 fully saturated rings. The summed E-state index contributed by atoms with van der Waals surface area (Å²) in [5, 5.41) is 2.83. The molecule has 1 N–H and O–H groups in total. The summed E-state index contributed by atoms with van der Waals surface area (Å²) in [7, 11) is -0.780. The lowest BCUT2D eigenvalue weighted by atomic mass is 9.96. The third-order valence-electron chi connectivity index (χ3n) is 5.45. The summed E-state index contributed by atoms with van der Waals surface area (Å²) in [4.78, 5) is 13.1. The molecule has 1 saturated heterocycles. The smallest absolute Gasteiger partial charge is 0.255 e. The molecule has 2 aromatic carbocycles. The average molecular weight is 463 g/mol. The number of methoxy groups -OCH3 is 2. The van der Waals surface area contributed by atoms with Crippen molar-refractivity contribution in [2.45, 2.75) is 31.6 Å². The molecular weight excluding hydrogens is 432 g/mol. The molecule has 0 atom stereocenters. The Balaban J connectivity index is 1.94. The van der Waals surface area contributed by atoms with Gasteiger partial charge in [0.25, 0.3) is 5.91 Å². The molecule has 9 heteroatoms. The number of hydrogen-bond acceptors (Lipinski definition) is 6. The Labute approximate surface area is 189 Å². The van der Waals surface area contributed by atoms with Gasteiger partial charge in [-0.3, -0.25) is 4.79 Å². The van der Waals surface area contributed by atoms with Gasteiger partial charge in [0, 0.05) is 24.3 Å². The molecule has 0 radical (unpaired) electrons. The van der Waals surface area contributed by atoms with E-state index in [1.807, 2.05) is 32.9 Å². The molecule has 3 rings (SSSR count). The predicted octanol–water partition coefficient (Wildman–Crippen LogP) is 3.41. The van der Waals surface area contributed by atoms with Crippen molar-refractivity contribution >= 4 is 21.6 Å². The first-order valence-corrected chi connectivity index (χ1v) is 11.9. The van der Waals surface area contributed by atoms with Crippen LogP contribution in [0.5, 0.6) is 11.5 Å². The Bertz CT molecular complexity index is 1090. The normalized spacial score (nSPS) is 14.9. The molecule has 0 saturated carbocycles. The first-order valence-electron chi connectivity index (χ1n) is 10.4. The number of rotatable bonds is 7. The number of carbonyl (C=O) groups excluding carboxylic acids is 1. The van der Waals surface area contributed by atoms with Crippen LogP contribution in [0.25, 0.3) is 0 Å². The van der Waals surface area contributed by atoms with Crippen molar-refractivity contribution in [2.24, 2.45) is 0 Å². The highest BCUT2D eigenvalue weighted by Crippen LogP contribution is 2.32. The third kappa shape index (κ3) is 4.90. The van der Waals surface area contributed by atoms with Crippen LogP contribution in [0.1, 0.15) is 41.3 Å². The van der Waals surface area contributed by atoms with Crippen molar-refractivity contribution in [1.29, 1.82) is 0 Å². The molecule has 1 aliphatic rings. The van der Waals surface area contributed by atoms with E-state index in [2.05, 4.69) is 5.32 Å². The highest BCUT2D eigenvalue weighted by atomic mass is 32.2. The van der Waals surface area contributed by atoms with E-state index >= 15 is 0 Å². The Morgan fingerprint density at radius 3 is 2.31 bits per heavy atom. The third-order valence-corrected chi connectivity index (χ3v) is 7.37. The summed E-state index contributed by atoms with van der Waals surface area (Å²) in [6.07, 6.45) is 0. The van der Waals surface area contributed by atoms with Crippen LogP contribution >= 0.6 is 0 Å². The van der Waals surface area contributed by atoms with Gasteiger partial charge in [-0.2, -0.15) is 4.31 Å². The maximum absolute atomic E-state index is 13.2. The second-order valence-corrected chi connectivity index (χ2v) is 9.81. The lowest BCUT2D eigenvalue weighted by Crippen LogP contribution is -2.40. The summed E-state index contributed by atoms with van der Waals surface area (Å²) in [6.45, 7) is 7.11. The monoisotopic (exact) mass is 462 g/mol. The largest absolute Gasteiger partial charge is 0.496 e. The fourth-order valence-electron chi connectivity index (χ4n) is 3.65. The molecule has 0 spiro atoms. The number of aryl methyl sites for hydroxylation is 1. The number of benzene rings is 2. The maximum atomic E-state index is 13.2. The number of morpholine rings is 1.